The van der Waals surface area contributed by atoms with E-state index in [0.717, 1.165) is 17.7 Å². The minimum absolute atomic E-state index is 0.0645. The van der Waals surface area contributed by atoms with E-state index in [2.05, 4.69) is 0 Å². The van der Waals surface area contributed by atoms with Gasteiger partial charge in [-0.3, -0.25) is 4.79 Å². The average Bonchev–Trinajstić information content (AvgIpc) is 2.70. The Hall–Kier alpha value is -2.32. The molecule has 3 rings (SSSR count). The van der Waals surface area contributed by atoms with Crippen LogP contribution in [0.1, 0.15) is 25.3 Å². The fourth-order valence-electron chi connectivity index (χ4n) is 3.53. The second kappa shape index (κ2) is 7.97. The number of halogens is 2. The largest absolute Gasteiger partial charge is 0.465 e. The Morgan fingerprint density at radius 3 is 2.29 bits per heavy atom. The summed E-state index contributed by atoms with van der Waals surface area (Å²) >= 11 is 0. The molecular weight excluding hydrogens is 388 g/mol. The van der Waals surface area contributed by atoms with Crippen LogP contribution < -0.4 is 0 Å². The van der Waals surface area contributed by atoms with E-state index in [9.17, 15) is 22.0 Å². The Kier molecular flexibility index (Phi) is 5.81. The van der Waals surface area contributed by atoms with Gasteiger partial charge in [0, 0.05) is 13.1 Å². The van der Waals surface area contributed by atoms with Gasteiger partial charge >= 0.3 is 5.97 Å². The zero-order valence-corrected chi connectivity index (χ0v) is 16.2. The number of rotatable bonds is 5. The molecule has 1 fully saturated rings. The maximum Gasteiger partial charge on any atom is 0.316 e. The fraction of sp³-hybridized carbons (Fsp3) is 0.350. The van der Waals surface area contributed by atoms with Gasteiger partial charge in [-0.05, 0) is 43.5 Å². The Morgan fingerprint density at radius 2 is 1.71 bits per heavy atom. The summed E-state index contributed by atoms with van der Waals surface area (Å²) in [6, 6.07) is 11.6. The highest BCUT2D eigenvalue weighted by Crippen LogP contribution is 2.38. The lowest BCUT2D eigenvalue weighted by atomic mass is 9.73. The average molecular weight is 409 g/mol. The predicted octanol–water partition coefficient (Wildman–Crippen LogP) is 3.25. The van der Waals surface area contributed by atoms with Gasteiger partial charge in [0.1, 0.15) is 0 Å². The first-order valence-corrected chi connectivity index (χ1v) is 10.4. The number of nitrogens with zero attached hydrogens (tertiary/aromatic N) is 1. The van der Waals surface area contributed by atoms with Crippen molar-refractivity contribution in [3.63, 3.8) is 0 Å². The van der Waals surface area contributed by atoms with Crippen molar-refractivity contribution in [2.24, 2.45) is 0 Å². The number of ether oxygens (including phenoxy) is 1. The Morgan fingerprint density at radius 1 is 1.07 bits per heavy atom. The van der Waals surface area contributed by atoms with Crippen LogP contribution in [0.2, 0.25) is 0 Å². The molecule has 1 saturated heterocycles. The predicted molar refractivity (Wildman–Crippen MR) is 99.1 cm³/mol. The van der Waals surface area contributed by atoms with Crippen LogP contribution in [0, 0.1) is 11.6 Å². The molecule has 0 unspecified atom stereocenters. The first-order valence-electron chi connectivity index (χ1n) is 8.99. The molecule has 5 nitrogen and oxygen atoms in total. The third kappa shape index (κ3) is 3.66. The zero-order chi connectivity index (χ0) is 20.4. The summed E-state index contributed by atoms with van der Waals surface area (Å²) in [7, 11) is -4.00. The fourth-order valence-corrected chi connectivity index (χ4v) is 4.99. The molecule has 28 heavy (non-hydrogen) atoms. The minimum Gasteiger partial charge on any atom is -0.465 e. The highest BCUT2D eigenvalue weighted by Gasteiger charge is 2.46. The van der Waals surface area contributed by atoms with Crippen LogP contribution in [0.3, 0.4) is 0 Å². The van der Waals surface area contributed by atoms with Crippen LogP contribution in [-0.4, -0.2) is 38.4 Å². The molecule has 1 aliphatic rings. The molecule has 0 atom stereocenters. The quantitative estimate of drug-likeness (QED) is 0.712. The molecule has 0 radical (unpaired) electrons. The molecular formula is C20H21F2NO4S. The third-order valence-corrected chi connectivity index (χ3v) is 6.99. The maximum absolute atomic E-state index is 13.5. The Balaban J connectivity index is 1.88. The molecule has 8 heteroatoms. The summed E-state index contributed by atoms with van der Waals surface area (Å²) < 4.78 is 58.7. The standard InChI is InChI=1S/C20H21F2NO4S/c1-2-27-19(24)20(15-6-4-3-5-7-15)10-12-23(13-11-20)28(25,26)16-8-9-17(21)18(22)14-16/h3-9,14H,2,10-13H2,1H3. The van der Waals surface area contributed by atoms with Crippen molar-refractivity contribution in [1.29, 1.82) is 0 Å². The van der Waals surface area contributed by atoms with Crippen molar-refractivity contribution in [3.8, 4) is 0 Å². The number of esters is 1. The van der Waals surface area contributed by atoms with E-state index < -0.39 is 27.1 Å². The van der Waals surface area contributed by atoms with Gasteiger partial charge in [0.05, 0.1) is 16.9 Å². The number of sulfonamides is 1. The van der Waals surface area contributed by atoms with E-state index in [0.29, 0.717) is 6.07 Å². The normalized spacial score (nSPS) is 17.2. The third-order valence-electron chi connectivity index (χ3n) is 5.10. The molecule has 0 bridgehead atoms. The molecule has 1 aliphatic heterocycles. The van der Waals surface area contributed by atoms with E-state index in [1.54, 1.807) is 6.92 Å². The highest BCUT2D eigenvalue weighted by molar-refractivity contribution is 7.89. The van der Waals surface area contributed by atoms with Crippen LogP contribution in [0.15, 0.2) is 53.4 Å². The van der Waals surface area contributed by atoms with Crippen molar-refractivity contribution < 1.29 is 26.7 Å². The number of benzene rings is 2. The summed E-state index contributed by atoms with van der Waals surface area (Å²) in [5.74, 6) is -2.71. The van der Waals surface area contributed by atoms with Gasteiger partial charge in [0.2, 0.25) is 10.0 Å². The van der Waals surface area contributed by atoms with Crippen molar-refractivity contribution in [2.45, 2.75) is 30.1 Å². The number of carbonyl (C=O) groups is 1. The molecule has 2 aromatic rings. The summed E-state index contributed by atoms with van der Waals surface area (Å²) in [6.45, 7) is 2.08. The lowest BCUT2D eigenvalue weighted by Crippen LogP contribution is -2.49. The summed E-state index contributed by atoms with van der Waals surface area (Å²) in [5.41, 5.74) is -0.157. The molecule has 0 saturated carbocycles. The zero-order valence-electron chi connectivity index (χ0n) is 15.4. The van der Waals surface area contributed by atoms with Gasteiger partial charge in [-0.25, -0.2) is 17.2 Å². The highest BCUT2D eigenvalue weighted by atomic mass is 32.2. The second-order valence-corrected chi connectivity index (χ2v) is 8.59. The van der Waals surface area contributed by atoms with Crippen LogP contribution in [0.4, 0.5) is 8.78 Å². The molecule has 1 heterocycles. The SMILES string of the molecule is CCOC(=O)C1(c2ccccc2)CCN(S(=O)(=O)c2ccc(F)c(F)c2)CC1. The maximum atomic E-state index is 13.5. The first-order chi connectivity index (χ1) is 13.3. The van der Waals surface area contributed by atoms with E-state index in [4.69, 9.17) is 4.74 Å². The summed E-state index contributed by atoms with van der Waals surface area (Å²) in [5, 5.41) is 0. The topological polar surface area (TPSA) is 63.7 Å². The monoisotopic (exact) mass is 409 g/mol. The van der Waals surface area contributed by atoms with Gasteiger partial charge in [-0.2, -0.15) is 4.31 Å². The van der Waals surface area contributed by atoms with E-state index in [1.165, 1.54) is 4.31 Å². The van der Waals surface area contributed by atoms with Crippen LogP contribution in [0.5, 0.6) is 0 Å². The molecule has 2 aromatic carbocycles. The van der Waals surface area contributed by atoms with Crippen LogP contribution in [0.25, 0.3) is 0 Å². The summed E-state index contributed by atoms with van der Waals surface area (Å²) in [6.07, 6.45) is 0.470. The molecule has 0 amide bonds. The number of piperidine rings is 1. The minimum atomic E-state index is -4.00. The van der Waals surface area contributed by atoms with Crippen LogP contribution >= 0.6 is 0 Å². The Bertz CT molecular complexity index is 955. The van der Waals surface area contributed by atoms with E-state index in [1.807, 2.05) is 30.3 Å². The van der Waals surface area contributed by atoms with Crippen LogP contribution in [-0.2, 0) is 25.0 Å². The lowest BCUT2D eigenvalue weighted by molar-refractivity contribution is -0.152. The van der Waals surface area contributed by atoms with Gasteiger partial charge < -0.3 is 4.74 Å². The number of hydrogen-bond donors (Lipinski definition) is 0. The van der Waals surface area contributed by atoms with Crippen molar-refractivity contribution in [3.05, 3.63) is 65.7 Å². The Labute approximate surface area is 163 Å². The first kappa shape index (κ1) is 20.4. The van der Waals surface area contributed by atoms with Gasteiger partial charge in [0.15, 0.2) is 11.6 Å². The molecule has 0 spiro atoms. The van der Waals surface area contributed by atoms with Crippen molar-refractivity contribution in [2.75, 3.05) is 19.7 Å². The number of carbonyl (C=O) groups excluding carboxylic acids is 1. The van der Waals surface area contributed by atoms with E-state index in [-0.39, 0.29) is 43.4 Å². The number of hydrogen-bond acceptors (Lipinski definition) is 4. The second-order valence-electron chi connectivity index (χ2n) is 6.65. The molecule has 0 aromatic heterocycles. The summed E-state index contributed by atoms with van der Waals surface area (Å²) in [4.78, 5) is 12.4. The van der Waals surface area contributed by atoms with E-state index >= 15 is 0 Å². The lowest BCUT2D eigenvalue weighted by Gasteiger charge is -2.39. The molecule has 150 valence electrons. The van der Waals surface area contributed by atoms with Gasteiger partial charge in [-0.1, -0.05) is 30.3 Å². The van der Waals surface area contributed by atoms with Crippen molar-refractivity contribution in [1.82, 2.24) is 4.31 Å². The smallest absolute Gasteiger partial charge is 0.316 e. The van der Waals surface area contributed by atoms with Gasteiger partial charge in [-0.15, -0.1) is 0 Å². The van der Waals surface area contributed by atoms with Crippen molar-refractivity contribution >= 4 is 16.0 Å². The molecule has 0 aliphatic carbocycles. The van der Waals surface area contributed by atoms with Gasteiger partial charge in [0.25, 0.3) is 0 Å². The molecule has 0 N–H and O–H groups in total.